The van der Waals surface area contributed by atoms with Gasteiger partial charge in [0.1, 0.15) is 12.3 Å². The number of hydrogen-bond acceptors (Lipinski definition) is 3. The molecular formula is C13H13FN2O2. The van der Waals surface area contributed by atoms with Crippen molar-refractivity contribution in [2.75, 3.05) is 20.3 Å². The van der Waals surface area contributed by atoms with Gasteiger partial charge in [-0.15, -0.1) is 6.42 Å². The molecule has 0 fully saturated rings. The minimum absolute atomic E-state index is 0.172. The van der Waals surface area contributed by atoms with E-state index in [-0.39, 0.29) is 5.75 Å². The molecule has 0 saturated heterocycles. The van der Waals surface area contributed by atoms with Gasteiger partial charge in [-0.2, -0.15) is 5.10 Å². The van der Waals surface area contributed by atoms with Gasteiger partial charge in [-0.05, 0) is 12.0 Å². The SMILES string of the molecule is C#Cc1nn(C)c2cc(OCCOC)c(F)cc12. The molecule has 0 N–H and O–H groups in total. The second-order valence-electron chi connectivity index (χ2n) is 3.76. The molecule has 2 rings (SSSR count). The summed E-state index contributed by atoms with van der Waals surface area (Å²) in [7, 11) is 3.31. The molecule has 4 nitrogen and oxygen atoms in total. The van der Waals surface area contributed by atoms with E-state index >= 15 is 0 Å². The van der Waals surface area contributed by atoms with E-state index in [4.69, 9.17) is 15.9 Å². The highest BCUT2D eigenvalue weighted by molar-refractivity contribution is 5.85. The Morgan fingerprint density at radius 2 is 2.22 bits per heavy atom. The zero-order chi connectivity index (χ0) is 13.1. The molecule has 0 radical (unpaired) electrons. The lowest BCUT2D eigenvalue weighted by molar-refractivity contribution is 0.144. The minimum atomic E-state index is -0.455. The summed E-state index contributed by atoms with van der Waals surface area (Å²) in [5.74, 6) is 2.15. The summed E-state index contributed by atoms with van der Waals surface area (Å²) < 4.78 is 25.5. The minimum Gasteiger partial charge on any atom is -0.488 e. The average Bonchev–Trinajstić information content (AvgIpc) is 2.66. The monoisotopic (exact) mass is 248 g/mol. The molecule has 94 valence electrons. The fraction of sp³-hybridized carbons (Fsp3) is 0.308. The van der Waals surface area contributed by atoms with Crippen LogP contribution in [0.5, 0.6) is 5.75 Å². The normalized spacial score (nSPS) is 10.6. The van der Waals surface area contributed by atoms with E-state index in [1.165, 1.54) is 6.07 Å². The van der Waals surface area contributed by atoms with Crippen molar-refractivity contribution in [3.63, 3.8) is 0 Å². The van der Waals surface area contributed by atoms with Gasteiger partial charge in [-0.25, -0.2) is 4.39 Å². The van der Waals surface area contributed by atoms with Crippen molar-refractivity contribution >= 4 is 10.9 Å². The first-order valence-corrected chi connectivity index (χ1v) is 5.42. The third-order valence-corrected chi connectivity index (χ3v) is 2.59. The van der Waals surface area contributed by atoms with Crippen LogP contribution in [0.25, 0.3) is 10.9 Å². The lowest BCUT2D eigenvalue weighted by Crippen LogP contribution is -2.05. The van der Waals surface area contributed by atoms with Crippen molar-refractivity contribution in [3.8, 4) is 18.1 Å². The number of halogens is 1. The lowest BCUT2D eigenvalue weighted by atomic mass is 10.2. The number of hydrogen-bond donors (Lipinski definition) is 0. The first kappa shape index (κ1) is 12.4. The van der Waals surface area contributed by atoms with Crippen molar-refractivity contribution in [1.82, 2.24) is 9.78 Å². The van der Waals surface area contributed by atoms with E-state index < -0.39 is 5.82 Å². The van der Waals surface area contributed by atoms with Crippen molar-refractivity contribution in [1.29, 1.82) is 0 Å². The lowest BCUT2D eigenvalue weighted by Gasteiger charge is -2.07. The Kier molecular flexibility index (Phi) is 3.49. The molecule has 1 aromatic heterocycles. The molecule has 5 heteroatoms. The second kappa shape index (κ2) is 5.07. The highest BCUT2D eigenvalue weighted by atomic mass is 19.1. The van der Waals surface area contributed by atoms with Crippen LogP contribution in [0, 0.1) is 18.2 Å². The average molecular weight is 248 g/mol. The molecule has 0 aliphatic heterocycles. The van der Waals surface area contributed by atoms with E-state index in [9.17, 15) is 4.39 Å². The van der Waals surface area contributed by atoms with Crippen LogP contribution in [0.1, 0.15) is 5.69 Å². The molecular weight excluding hydrogens is 235 g/mol. The molecule has 0 aliphatic rings. The summed E-state index contributed by atoms with van der Waals surface area (Å²) in [5.41, 5.74) is 1.16. The fourth-order valence-corrected chi connectivity index (χ4v) is 1.71. The van der Waals surface area contributed by atoms with Crippen LogP contribution in [0.2, 0.25) is 0 Å². The highest BCUT2D eigenvalue weighted by Gasteiger charge is 2.12. The van der Waals surface area contributed by atoms with E-state index in [0.717, 1.165) is 5.52 Å². The number of benzene rings is 1. The third-order valence-electron chi connectivity index (χ3n) is 2.59. The van der Waals surface area contributed by atoms with Crippen molar-refractivity contribution < 1.29 is 13.9 Å². The van der Waals surface area contributed by atoms with Crippen molar-refractivity contribution in [2.24, 2.45) is 7.05 Å². The van der Waals surface area contributed by atoms with E-state index in [0.29, 0.717) is 24.3 Å². The van der Waals surface area contributed by atoms with Crippen LogP contribution in [-0.2, 0) is 11.8 Å². The number of aryl methyl sites for hydroxylation is 1. The summed E-state index contributed by atoms with van der Waals surface area (Å²) in [4.78, 5) is 0. The molecule has 1 heterocycles. The first-order valence-electron chi connectivity index (χ1n) is 5.42. The van der Waals surface area contributed by atoms with E-state index in [2.05, 4.69) is 11.0 Å². The van der Waals surface area contributed by atoms with Crippen LogP contribution in [0.4, 0.5) is 4.39 Å². The molecule has 0 bridgehead atoms. The van der Waals surface area contributed by atoms with Gasteiger partial charge in [0.25, 0.3) is 0 Å². The predicted octanol–water partition coefficient (Wildman–Crippen LogP) is 1.72. The summed E-state index contributed by atoms with van der Waals surface area (Å²) in [6.45, 7) is 0.692. The van der Waals surface area contributed by atoms with Gasteiger partial charge in [0.2, 0.25) is 0 Å². The summed E-state index contributed by atoms with van der Waals surface area (Å²) in [5, 5.41) is 4.73. The molecule has 0 aliphatic carbocycles. The zero-order valence-corrected chi connectivity index (χ0v) is 10.2. The Balaban J connectivity index is 2.42. The van der Waals surface area contributed by atoms with Gasteiger partial charge < -0.3 is 9.47 Å². The number of fused-ring (bicyclic) bond motifs is 1. The van der Waals surface area contributed by atoms with Gasteiger partial charge in [0.05, 0.1) is 12.1 Å². The number of nitrogens with zero attached hydrogens (tertiary/aromatic N) is 2. The summed E-state index contributed by atoms with van der Waals surface area (Å²) in [6.07, 6.45) is 5.32. The van der Waals surface area contributed by atoms with E-state index in [1.54, 1.807) is 24.9 Å². The summed E-state index contributed by atoms with van der Waals surface area (Å²) in [6, 6.07) is 2.94. The maximum absolute atomic E-state index is 13.8. The predicted molar refractivity (Wildman–Crippen MR) is 66.0 cm³/mol. The topological polar surface area (TPSA) is 36.3 Å². The van der Waals surface area contributed by atoms with Gasteiger partial charge in [0.15, 0.2) is 11.6 Å². The van der Waals surface area contributed by atoms with Gasteiger partial charge in [0, 0.05) is 25.6 Å². The van der Waals surface area contributed by atoms with Crippen molar-refractivity contribution in [2.45, 2.75) is 0 Å². The van der Waals surface area contributed by atoms with Gasteiger partial charge in [-0.1, -0.05) is 0 Å². The summed E-state index contributed by atoms with van der Waals surface area (Å²) >= 11 is 0. The number of terminal acetylenes is 1. The van der Waals surface area contributed by atoms with Crippen molar-refractivity contribution in [3.05, 3.63) is 23.6 Å². The maximum atomic E-state index is 13.8. The largest absolute Gasteiger partial charge is 0.488 e. The number of methoxy groups -OCH3 is 1. The van der Waals surface area contributed by atoms with Gasteiger partial charge in [-0.3, -0.25) is 4.68 Å². The van der Waals surface area contributed by atoms with Crippen LogP contribution >= 0.6 is 0 Å². The Bertz CT molecular complexity index is 613. The molecule has 2 aromatic rings. The van der Waals surface area contributed by atoms with Gasteiger partial charge >= 0.3 is 0 Å². The highest BCUT2D eigenvalue weighted by Crippen LogP contribution is 2.26. The Morgan fingerprint density at radius 3 is 2.89 bits per heavy atom. The molecule has 0 spiro atoms. The quantitative estimate of drug-likeness (QED) is 0.610. The number of aromatic nitrogens is 2. The molecule has 18 heavy (non-hydrogen) atoms. The van der Waals surface area contributed by atoms with Crippen LogP contribution in [0.15, 0.2) is 12.1 Å². The standard InChI is InChI=1S/C13H13FN2O2/c1-4-11-9-7-10(14)13(18-6-5-17-3)8-12(9)16(2)15-11/h1,7-8H,5-6H2,2-3H3. The smallest absolute Gasteiger partial charge is 0.165 e. The number of rotatable bonds is 4. The zero-order valence-electron chi connectivity index (χ0n) is 10.2. The maximum Gasteiger partial charge on any atom is 0.165 e. The third kappa shape index (κ3) is 2.15. The fourth-order valence-electron chi connectivity index (χ4n) is 1.71. The van der Waals surface area contributed by atoms with Crippen LogP contribution < -0.4 is 4.74 Å². The molecule has 0 atom stereocenters. The molecule has 1 aromatic carbocycles. The Hall–Kier alpha value is -2.06. The Labute approximate surface area is 104 Å². The number of ether oxygens (including phenoxy) is 2. The first-order chi connectivity index (χ1) is 8.67. The van der Waals surface area contributed by atoms with Crippen LogP contribution in [0.3, 0.4) is 0 Å². The van der Waals surface area contributed by atoms with E-state index in [1.807, 2.05) is 0 Å². The molecule has 0 amide bonds. The van der Waals surface area contributed by atoms with Crippen LogP contribution in [-0.4, -0.2) is 30.1 Å². The second-order valence-corrected chi connectivity index (χ2v) is 3.76. The molecule has 0 unspecified atom stereocenters. The molecule has 0 saturated carbocycles. The Morgan fingerprint density at radius 1 is 1.44 bits per heavy atom.